The molecule has 0 N–H and O–H groups in total. The largest absolute Gasteiger partial charge is 0.344 e. The number of aromatic nitrogens is 2. The maximum atomic E-state index is 13.0. The fourth-order valence-electron chi connectivity index (χ4n) is 3.77. The van der Waals surface area contributed by atoms with Gasteiger partial charge in [-0.3, -0.25) is 4.79 Å². The lowest BCUT2D eigenvalue weighted by Gasteiger charge is -2.39. The zero-order valence-electron chi connectivity index (χ0n) is 15.2. The van der Waals surface area contributed by atoms with Crippen molar-refractivity contribution in [2.45, 2.75) is 25.3 Å². The molecule has 2 aromatic rings. The Bertz CT molecular complexity index is 904. The Hall–Kier alpha value is -1.78. The van der Waals surface area contributed by atoms with E-state index in [1.807, 2.05) is 12.1 Å². The summed E-state index contributed by atoms with van der Waals surface area (Å²) >= 11 is 1.56. The van der Waals surface area contributed by atoms with E-state index in [4.69, 9.17) is 0 Å². The van der Waals surface area contributed by atoms with Crippen molar-refractivity contribution < 1.29 is 13.2 Å². The van der Waals surface area contributed by atoms with Crippen LogP contribution in [0.4, 0.5) is 5.13 Å². The number of sulfonamides is 1. The molecule has 1 atom stereocenters. The Morgan fingerprint density at radius 2 is 1.96 bits per heavy atom. The number of rotatable bonds is 3. The molecule has 0 saturated carbocycles. The summed E-state index contributed by atoms with van der Waals surface area (Å²) < 4.78 is 25.5. The Balaban J connectivity index is 1.43. The van der Waals surface area contributed by atoms with Crippen LogP contribution < -0.4 is 4.90 Å². The quantitative estimate of drug-likeness (QED) is 0.756. The van der Waals surface area contributed by atoms with E-state index in [0.29, 0.717) is 39.1 Å². The molecule has 2 fully saturated rings. The number of carbonyl (C=O) groups excluding carboxylic acids is 1. The van der Waals surface area contributed by atoms with Gasteiger partial charge in [-0.05, 0) is 25.0 Å². The molecule has 1 amide bonds. The molecule has 146 valence electrons. The van der Waals surface area contributed by atoms with Gasteiger partial charge in [-0.15, -0.1) is 0 Å². The predicted molar refractivity (Wildman–Crippen MR) is 105 cm³/mol. The van der Waals surface area contributed by atoms with E-state index in [-0.39, 0.29) is 5.91 Å². The first-order valence-electron chi connectivity index (χ1n) is 9.15. The molecule has 4 heterocycles. The van der Waals surface area contributed by atoms with Crippen LogP contribution in [0.5, 0.6) is 0 Å². The third-order valence-corrected chi connectivity index (χ3v) is 7.51. The Kier molecular flexibility index (Phi) is 5.04. The van der Waals surface area contributed by atoms with Gasteiger partial charge in [0.1, 0.15) is 16.4 Å². The Morgan fingerprint density at radius 1 is 1.19 bits per heavy atom. The smallest absolute Gasteiger partial charge is 0.241 e. The van der Waals surface area contributed by atoms with Gasteiger partial charge in [0.2, 0.25) is 15.9 Å². The van der Waals surface area contributed by atoms with Crippen LogP contribution in [0, 0.1) is 0 Å². The molecule has 27 heavy (non-hydrogen) atoms. The summed E-state index contributed by atoms with van der Waals surface area (Å²) in [5.74, 6) is -0.0641. The highest BCUT2D eigenvalue weighted by molar-refractivity contribution is 7.88. The molecule has 0 aliphatic carbocycles. The highest BCUT2D eigenvalue weighted by Gasteiger charge is 2.37. The minimum Gasteiger partial charge on any atom is -0.344 e. The number of carbonyl (C=O) groups is 1. The molecule has 2 aliphatic rings. The average Bonchev–Trinajstić information content (AvgIpc) is 3.11. The van der Waals surface area contributed by atoms with E-state index < -0.39 is 16.1 Å². The SMILES string of the molecule is CS(=O)(=O)N1CCCCC1C(=O)N1CCN(c2nc3cccnc3s2)CC1. The van der Waals surface area contributed by atoms with Crippen LogP contribution in [-0.2, 0) is 14.8 Å². The van der Waals surface area contributed by atoms with Crippen molar-refractivity contribution in [2.24, 2.45) is 0 Å². The summed E-state index contributed by atoms with van der Waals surface area (Å²) in [6.07, 6.45) is 5.27. The molecule has 0 radical (unpaired) electrons. The van der Waals surface area contributed by atoms with E-state index in [1.165, 1.54) is 10.6 Å². The Labute approximate surface area is 162 Å². The monoisotopic (exact) mass is 409 g/mol. The van der Waals surface area contributed by atoms with Gasteiger partial charge in [0.15, 0.2) is 5.13 Å². The van der Waals surface area contributed by atoms with Gasteiger partial charge in [0.05, 0.1) is 6.26 Å². The number of pyridine rings is 1. The van der Waals surface area contributed by atoms with E-state index in [9.17, 15) is 13.2 Å². The zero-order valence-corrected chi connectivity index (χ0v) is 16.9. The lowest BCUT2D eigenvalue weighted by atomic mass is 10.0. The molecular weight excluding hydrogens is 386 g/mol. The van der Waals surface area contributed by atoms with Crippen LogP contribution in [0.2, 0.25) is 0 Å². The maximum Gasteiger partial charge on any atom is 0.241 e. The molecule has 0 aromatic carbocycles. The second kappa shape index (κ2) is 7.33. The summed E-state index contributed by atoms with van der Waals surface area (Å²) in [4.78, 5) is 26.8. The number of piperidine rings is 1. The number of hydrogen-bond acceptors (Lipinski definition) is 7. The highest BCUT2D eigenvalue weighted by Crippen LogP contribution is 2.28. The van der Waals surface area contributed by atoms with Crippen molar-refractivity contribution >= 4 is 42.7 Å². The van der Waals surface area contributed by atoms with Gasteiger partial charge < -0.3 is 9.80 Å². The van der Waals surface area contributed by atoms with Crippen molar-refractivity contribution in [1.82, 2.24) is 19.2 Å². The third-order valence-electron chi connectivity index (χ3n) is 5.18. The van der Waals surface area contributed by atoms with Crippen LogP contribution in [0.1, 0.15) is 19.3 Å². The predicted octanol–water partition coefficient (Wildman–Crippen LogP) is 1.15. The lowest BCUT2D eigenvalue weighted by molar-refractivity contribution is -0.136. The summed E-state index contributed by atoms with van der Waals surface area (Å²) in [5.41, 5.74) is 0.891. The number of anilines is 1. The summed E-state index contributed by atoms with van der Waals surface area (Å²) in [5, 5.41) is 0.922. The fourth-order valence-corrected chi connectivity index (χ4v) is 5.85. The van der Waals surface area contributed by atoms with Gasteiger partial charge in [-0.1, -0.05) is 17.8 Å². The molecule has 10 heteroatoms. The molecular formula is C17H23N5O3S2. The van der Waals surface area contributed by atoms with E-state index >= 15 is 0 Å². The number of hydrogen-bond donors (Lipinski definition) is 0. The molecule has 2 aromatic heterocycles. The number of nitrogens with zero attached hydrogens (tertiary/aromatic N) is 5. The first kappa shape index (κ1) is 18.6. The van der Waals surface area contributed by atoms with Crippen LogP contribution >= 0.6 is 11.3 Å². The number of thiazole rings is 1. The molecule has 2 aliphatic heterocycles. The second-order valence-electron chi connectivity index (χ2n) is 7.02. The minimum absolute atomic E-state index is 0.0641. The molecule has 0 bridgehead atoms. The average molecular weight is 410 g/mol. The van der Waals surface area contributed by atoms with Crippen molar-refractivity contribution in [3.05, 3.63) is 18.3 Å². The molecule has 1 unspecified atom stereocenters. The van der Waals surface area contributed by atoms with Crippen molar-refractivity contribution in [1.29, 1.82) is 0 Å². The number of piperazine rings is 1. The van der Waals surface area contributed by atoms with Gasteiger partial charge in [0.25, 0.3) is 0 Å². The molecule has 8 nitrogen and oxygen atoms in total. The zero-order chi connectivity index (χ0) is 19.0. The van der Waals surface area contributed by atoms with Crippen molar-refractivity contribution in [2.75, 3.05) is 43.9 Å². The summed E-state index contributed by atoms with van der Waals surface area (Å²) in [6, 6.07) is 3.28. The van der Waals surface area contributed by atoms with Gasteiger partial charge in [0, 0.05) is 38.9 Å². The highest BCUT2D eigenvalue weighted by atomic mass is 32.2. The van der Waals surface area contributed by atoms with E-state index in [1.54, 1.807) is 22.4 Å². The van der Waals surface area contributed by atoms with Gasteiger partial charge >= 0.3 is 0 Å². The second-order valence-corrected chi connectivity index (χ2v) is 9.91. The molecule has 4 rings (SSSR count). The minimum atomic E-state index is -3.37. The van der Waals surface area contributed by atoms with Crippen LogP contribution in [-0.4, -0.2) is 78.5 Å². The van der Waals surface area contributed by atoms with Gasteiger partial charge in [-0.25, -0.2) is 18.4 Å². The topological polar surface area (TPSA) is 86.7 Å². The van der Waals surface area contributed by atoms with Crippen LogP contribution in [0.3, 0.4) is 0 Å². The fraction of sp³-hybridized carbons (Fsp3) is 0.588. The summed E-state index contributed by atoms with van der Waals surface area (Å²) in [7, 11) is -3.37. The standard InChI is InChI=1S/C17H23N5O3S2/c1-27(24,25)22-8-3-2-6-14(22)16(23)20-9-11-21(12-10-20)17-19-13-5-4-7-18-15(13)26-17/h4-5,7,14H,2-3,6,8-12H2,1H3. The van der Waals surface area contributed by atoms with Crippen molar-refractivity contribution in [3.63, 3.8) is 0 Å². The first-order chi connectivity index (χ1) is 12.9. The van der Waals surface area contributed by atoms with Crippen molar-refractivity contribution in [3.8, 4) is 0 Å². The first-order valence-corrected chi connectivity index (χ1v) is 11.8. The van der Waals surface area contributed by atoms with E-state index in [0.717, 1.165) is 28.3 Å². The third kappa shape index (κ3) is 3.78. The van der Waals surface area contributed by atoms with Gasteiger partial charge in [-0.2, -0.15) is 4.31 Å². The molecule has 0 spiro atoms. The summed E-state index contributed by atoms with van der Waals surface area (Å²) in [6.45, 7) is 2.98. The van der Waals surface area contributed by atoms with Crippen LogP contribution in [0.15, 0.2) is 18.3 Å². The normalized spacial score (nSPS) is 22.3. The number of amides is 1. The Morgan fingerprint density at radius 3 is 2.67 bits per heavy atom. The van der Waals surface area contributed by atoms with Crippen LogP contribution in [0.25, 0.3) is 10.3 Å². The maximum absolute atomic E-state index is 13.0. The lowest BCUT2D eigenvalue weighted by Crippen LogP contribution is -2.57. The molecule has 2 saturated heterocycles. The van der Waals surface area contributed by atoms with E-state index in [2.05, 4.69) is 14.9 Å². The number of fused-ring (bicyclic) bond motifs is 1.